The molecule has 1 amide bonds. The molecule has 166 valence electrons. The maximum absolute atomic E-state index is 12.8. The van der Waals surface area contributed by atoms with Crippen LogP contribution in [-0.2, 0) is 11.3 Å². The predicted octanol–water partition coefficient (Wildman–Crippen LogP) is 2.22. The molecule has 4 rings (SSSR count). The number of hydrogen-bond acceptors (Lipinski definition) is 6. The van der Waals surface area contributed by atoms with E-state index in [1.54, 1.807) is 6.20 Å². The van der Waals surface area contributed by atoms with E-state index in [-0.39, 0.29) is 5.91 Å². The Hall–Kier alpha value is -2.48. The number of likely N-dealkylation sites (tertiary alicyclic amines) is 1. The average Bonchev–Trinajstić information content (AvgIpc) is 2.82. The van der Waals surface area contributed by atoms with Crippen LogP contribution in [0.3, 0.4) is 0 Å². The molecular formula is C24H33N5O2. The third kappa shape index (κ3) is 6.50. The molecule has 2 fully saturated rings. The Morgan fingerprint density at radius 1 is 1.00 bits per heavy atom. The van der Waals surface area contributed by atoms with Crippen LogP contribution >= 0.6 is 0 Å². The molecule has 1 aromatic carbocycles. The molecule has 0 aliphatic carbocycles. The van der Waals surface area contributed by atoms with E-state index in [4.69, 9.17) is 4.74 Å². The summed E-state index contributed by atoms with van der Waals surface area (Å²) in [6.07, 6.45) is 3.83. The molecule has 0 radical (unpaired) electrons. The lowest BCUT2D eigenvalue weighted by Gasteiger charge is -2.33. The Morgan fingerprint density at radius 2 is 1.77 bits per heavy atom. The van der Waals surface area contributed by atoms with E-state index in [0.29, 0.717) is 24.0 Å². The molecule has 2 N–H and O–H groups in total. The van der Waals surface area contributed by atoms with Crippen LogP contribution in [0.4, 0.5) is 5.82 Å². The number of carbonyl (C=O) groups is 1. The summed E-state index contributed by atoms with van der Waals surface area (Å²) in [5.41, 5.74) is 1.98. The first-order valence-electron chi connectivity index (χ1n) is 11.3. The lowest BCUT2D eigenvalue weighted by atomic mass is 10.0. The molecule has 7 heteroatoms. The predicted molar refractivity (Wildman–Crippen MR) is 122 cm³/mol. The number of piperidine rings is 1. The minimum atomic E-state index is -0.0645. The van der Waals surface area contributed by atoms with Gasteiger partial charge in [0.05, 0.1) is 18.8 Å². The number of rotatable bonds is 8. The number of anilines is 1. The van der Waals surface area contributed by atoms with Crippen molar-refractivity contribution in [2.45, 2.75) is 25.4 Å². The van der Waals surface area contributed by atoms with Crippen LogP contribution in [0, 0.1) is 0 Å². The zero-order valence-electron chi connectivity index (χ0n) is 18.1. The molecule has 1 aromatic heterocycles. The van der Waals surface area contributed by atoms with Crippen molar-refractivity contribution in [3.8, 4) is 0 Å². The van der Waals surface area contributed by atoms with Gasteiger partial charge in [-0.05, 0) is 30.5 Å². The number of pyridine rings is 1. The maximum Gasteiger partial charge on any atom is 0.255 e. The number of benzene rings is 1. The molecule has 0 atom stereocenters. The quantitative estimate of drug-likeness (QED) is 0.679. The number of morpholine rings is 1. The van der Waals surface area contributed by atoms with Crippen molar-refractivity contribution >= 4 is 11.7 Å². The fourth-order valence-corrected chi connectivity index (χ4v) is 4.22. The second-order valence-electron chi connectivity index (χ2n) is 8.29. The summed E-state index contributed by atoms with van der Waals surface area (Å²) in [7, 11) is 0. The number of aromatic nitrogens is 1. The monoisotopic (exact) mass is 423 g/mol. The zero-order chi connectivity index (χ0) is 21.3. The van der Waals surface area contributed by atoms with Crippen molar-refractivity contribution < 1.29 is 9.53 Å². The summed E-state index contributed by atoms with van der Waals surface area (Å²) in [6.45, 7) is 7.96. The molecule has 2 aliphatic heterocycles. The second kappa shape index (κ2) is 11.2. The van der Waals surface area contributed by atoms with Gasteiger partial charge in [0.2, 0.25) is 0 Å². The maximum atomic E-state index is 12.8. The van der Waals surface area contributed by atoms with E-state index in [1.807, 2.05) is 12.1 Å². The van der Waals surface area contributed by atoms with Gasteiger partial charge in [0, 0.05) is 58.1 Å². The highest BCUT2D eigenvalue weighted by atomic mass is 16.5. The average molecular weight is 424 g/mol. The van der Waals surface area contributed by atoms with Crippen molar-refractivity contribution in [3.63, 3.8) is 0 Å². The van der Waals surface area contributed by atoms with Crippen LogP contribution < -0.4 is 10.6 Å². The summed E-state index contributed by atoms with van der Waals surface area (Å²) >= 11 is 0. The summed E-state index contributed by atoms with van der Waals surface area (Å²) < 4.78 is 5.37. The highest BCUT2D eigenvalue weighted by Crippen LogP contribution is 2.19. The molecule has 0 bridgehead atoms. The molecule has 7 nitrogen and oxygen atoms in total. The van der Waals surface area contributed by atoms with Gasteiger partial charge in [-0.1, -0.05) is 30.3 Å². The Balaban J connectivity index is 1.25. The van der Waals surface area contributed by atoms with Crippen LogP contribution in [-0.4, -0.2) is 79.2 Å². The minimum Gasteiger partial charge on any atom is -0.379 e. The van der Waals surface area contributed by atoms with Gasteiger partial charge in [0.15, 0.2) is 0 Å². The topological polar surface area (TPSA) is 69.7 Å². The SMILES string of the molecule is O=C(NCCN1CCOCC1)c1cccnc1NC1CCN(Cc2ccccc2)CC1. The Morgan fingerprint density at radius 3 is 2.55 bits per heavy atom. The van der Waals surface area contributed by atoms with Crippen molar-refractivity contribution in [2.24, 2.45) is 0 Å². The van der Waals surface area contributed by atoms with E-state index in [9.17, 15) is 4.79 Å². The smallest absolute Gasteiger partial charge is 0.255 e. The summed E-state index contributed by atoms with van der Waals surface area (Å²) in [6, 6.07) is 14.6. The number of amides is 1. The summed E-state index contributed by atoms with van der Waals surface area (Å²) in [4.78, 5) is 22.0. The van der Waals surface area contributed by atoms with Crippen LogP contribution in [0.15, 0.2) is 48.7 Å². The first kappa shape index (κ1) is 21.7. The standard InChI is InChI=1S/C24H33N5O2/c30-24(26-11-14-28-15-17-31-18-16-28)22-7-4-10-25-23(22)27-21-8-12-29(13-9-21)19-20-5-2-1-3-6-20/h1-7,10,21H,8-9,11-19H2,(H,25,27)(H,26,30). The molecule has 0 spiro atoms. The Labute approximate surface area is 184 Å². The van der Waals surface area contributed by atoms with E-state index in [0.717, 1.165) is 65.3 Å². The second-order valence-corrected chi connectivity index (χ2v) is 8.29. The van der Waals surface area contributed by atoms with Gasteiger partial charge in [-0.15, -0.1) is 0 Å². The summed E-state index contributed by atoms with van der Waals surface area (Å²) in [5.74, 6) is 0.623. The number of nitrogens with zero attached hydrogens (tertiary/aromatic N) is 3. The number of hydrogen-bond donors (Lipinski definition) is 2. The number of ether oxygens (including phenoxy) is 1. The first-order chi connectivity index (χ1) is 15.3. The highest BCUT2D eigenvalue weighted by molar-refractivity contribution is 5.98. The van der Waals surface area contributed by atoms with Gasteiger partial charge < -0.3 is 15.4 Å². The van der Waals surface area contributed by atoms with E-state index >= 15 is 0 Å². The van der Waals surface area contributed by atoms with Gasteiger partial charge in [0.25, 0.3) is 5.91 Å². The van der Waals surface area contributed by atoms with Gasteiger partial charge in [-0.2, -0.15) is 0 Å². The third-order valence-corrected chi connectivity index (χ3v) is 6.05. The fraction of sp³-hybridized carbons (Fsp3) is 0.500. The number of nitrogens with one attached hydrogen (secondary N) is 2. The summed E-state index contributed by atoms with van der Waals surface area (Å²) in [5, 5.41) is 6.58. The minimum absolute atomic E-state index is 0.0645. The fourth-order valence-electron chi connectivity index (χ4n) is 4.22. The Kier molecular flexibility index (Phi) is 7.87. The van der Waals surface area contributed by atoms with Crippen molar-refractivity contribution in [3.05, 3.63) is 59.8 Å². The molecule has 3 heterocycles. The van der Waals surface area contributed by atoms with Crippen molar-refractivity contribution in [2.75, 3.05) is 57.8 Å². The lowest BCUT2D eigenvalue weighted by Crippen LogP contribution is -2.41. The molecule has 2 saturated heterocycles. The Bertz CT molecular complexity index is 818. The zero-order valence-corrected chi connectivity index (χ0v) is 18.1. The van der Waals surface area contributed by atoms with E-state index in [2.05, 4.69) is 55.7 Å². The molecule has 31 heavy (non-hydrogen) atoms. The van der Waals surface area contributed by atoms with E-state index in [1.165, 1.54) is 5.56 Å². The van der Waals surface area contributed by atoms with Crippen LogP contribution in [0.2, 0.25) is 0 Å². The molecular weight excluding hydrogens is 390 g/mol. The molecule has 2 aliphatic rings. The van der Waals surface area contributed by atoms with Gasteiger partial charge in [-0.25, -0.2) is 4.98 Å². The number of carbonyl (C=O) groups excluding carboxylic acids is 1. The highest BCUT2D eigenvalue weighted by Gasteiger charge is 2.21. The largest absolute Gasteiger partial charge is 0.379 e. The normalized spacial score (nSPS) is 18.6. The van der Waals surface area contributed by atoms with Crippen LogP contribution in [0.1, 0.15) is 28.8 Å². The van der Waals surface area contributed by atoms with Crippen LogP contribution in [0.25, 0.3) is 0 Å². The van der Waals surface area contributed by atoms with Gasteiger partial charge in [-0.3, -0.25) is 14.6 Å². The van der Waals surface area contributed by atoms with E-state index < -0.39 is 0 Å². The third-order valence-electron chi connectivity index (χ3n) is 6.05. The van der Waals surface area contributed by atoms with Crippen molar-refractivity contribution in [1.82, 2.24) is 20.1 Å². The van der Waals surface area contributed by atoms with Gasteiger partial charge in [0.1, 0.15) is 5.82 Å². The van der Waals surface area contributed by atoms with Crippen LogP contribution in [0.5, 0.6) is 0 Å². The van der Waals surface area contributed by atoms with Crippen molar-refractivity contribution in [1.29, 1.82) is 0 Å². The van der Waals surface area contributed by atoms with Gasteiger partial charge >= 0.3 is 0 Å². The molecule has 2 aromatic rings. The first-order valence-corrected chi connectivity index (χ1v) is 11.3. The molecule has 0 unspecified atom stereocenters. The lowest BCUT2D eigenvalue weighted by molar-refractivity contribution is 0.0383. The molecule has 0 saturated carbocycles.